The Morgan fingerprint density at radius 1 is 1.05 bits per heavy atom. The molecule has 0 aromatic carbocycles. The molecule has 1 aliphatic heterocycles. The molecule has 0 spiro atoms. The highest BCUT2D eigenvalue weighted by atomic mass is 16.2. The zero-order chi connectivity index (χ0) is 15.2. The number of amides is 2. The van der Waals surface area contributed by atoms with Crippen molar-refractivity contribution in [1.82, 2.24) is 10.2 Å². The van der Waals surface area contributed by atoms with Gasteiger partial charge in [0.05, 0.1) is 0 Å². The minimum atomic E-state index is 0.236. The number of nitrogens with one attached hydrogen (secondary N) is 1. The minimum absolute atomic E-state index is 0.236. The molecule has 1 saturated heterocycles. The average Bonchev–Trinajstić information content (AvgIpc) is 2.48. The van der Waals surface area contributed by atoms with Crippen LogP contribution in [0.25, 0.3) is 0 Å². The summed E-state index contributed by atoms with van der Waals surface area (Å²) in [6.45, 7) is 5.74. The summed E-state index contributed by atoms with van der Waals surface area (Å²) in [5, 5.41) is 3.21. The number of carbonyl (C=O) groups is 2. The lowest BCUT2D eigenvalue weighted by atomic mass is 9.88. The van der Waals surface area contributed by atoms with Gasteiger partial charge in [0.15, 0.2) is 0 Å². The van der Waals surface area contributed by atoms with Gasteiger partial charge < -0.3 is 10.2 Å². The quantitative estimate of drug-likeness (QED) is 0.866. The summed E-state index contributed by atoms with van der Waals surface area (Å²) < 4.78 is 0. The molecule has 2 fully saturated rings. The van der Waals surface area contributed by atoms with Crippen LogP contribution in [0.15, 0.2) is 0 Å². The van der Waals surface area contributed by atoms with Gasteiger partial charge in [-0.15, -0.1) is 0 Å². The van der Waals surface area contributed by atoms with E-state index in [4.69, 9.17) is 0 Å². The van der Waals surface area contributed by atoms with E-state index < -0.39 is 0 Å². The summed E-state index contributed by atoms with van der Waals surface area (Å²) in [4.78, 5) is 26.2. The Labute approximate surface area is 128 Å². The van der Waals surface area contributed by atoms with Crippen LogP contribution in [0.3, 0.4) is 0 Å². The fourth-order valence-corrected chi connectivity index (χ4v) is 3.44. The molecule has 2 rings (SSSR count). The Hall–Kier alpha value is -1.06. The highest BCUT2D eigenvalue weighted by molar-refractivity contribution is 5.79. The summed E-state index contributed by atoms with van der Waals surface area (Å²) in [5.74, 6) is 1.17. The van der Waals surface area contributed by atoms with E-state index in [0.717, 1.165) is 38.8 Å². The Balaban J connectivity index is 1.71. The van der Waals surface area contributed by atoms with Gasteiger partial charge in [-0.1, -0.05) is 33.1 Å². The van der Waals surface area contributed by atoms with E-state index in [1.807, 2.05) is 4.90 Å². The van der Waals surface area contributed by atoms with Gasteiger partial charge in [-0.05, 0) is 31.6 Å². The van der Waals surface area contributed by atoms with E-state index in [-0.39, 0.29) is 23.8 Å². The largest absolute Gasteiger partial charge is 0.353 e. The second-order valence-electron chi connectivity index (χ2n) is 7.10. The summed E-state index contributed by atoms with van der Waals surface area (Å²) in [6.07, 6.45) is 8.22. The number of hydrogen-bond acceptors (Lipinski definition) is 2. The normalized spacial score (nSPS) is 21.6. The molecule has 4 nitrogen and oxygen atoms in total. The van der Waals surface area contributed by atoms with Crippen molar-refractivity contribution in [2.24, 2.45) is 11.8 Å². The topological polar surface area (TPSA) is 49.4 Å². The van der Waals surface area contributed by atoms with E-state index in [9.17, 15) is 9.59 Å². The van der Waals surface area contributed by atoms with Crippen LogP contribution in [0.4, 0.5) is 0 Å². The lowest BCUT2D eigenvalue weighted by molar-refractivity contribution is -0.133. The summed E-state index contributed by atoms with van der Waals surface area (Å²) in [7, 11) is 0. The van der Waals surface area contributed by atoms with Crippen LogP contribution in [0, 0.1) is 11.8 Å². The summed E-state index contributed by atoms with van der Waals surface area (Å²) in [5.41, 5.74) is 0. The molecule has 0 bridgehead atoms. The van der Waals surface area contributed by atoms with Crippen molar-refractivity contribution in [1.29, 1.82) is 0 Å². The number of nitrogens with zero attached hydrogens (tertiary/aromatic N) is 1. The third kappa shape index (κ3) is 5.01. The van der Waals surface area contributed by atoms with Gasteiger partial charge in [0.25, 0.3) is 0 Å². The molecule has 0 radical (unpaired) electrons. The Morgan fingerprint density at radius 2 is 1.67 bits per heavy atom. The van der Waals surface area contributed by atoms with E-state index in [1.165, 1.54) is 19.3 Å². The van der Waals surface area contributed by atoms with Gasteiger partial charge in [-0.3, -0.25) is 9.59 Å². The molecule has 1 saturated carbocycles. The number of likely N-dealkylation sites (tertiary alicyclic amines) is 1. The van der Waals surface area contributed by atoms with Crippen LogP contribution in [0.1, 0.15) is 65.2 Å². The number of rotatable bonds is 4. The van der Waals surface area contributed by atoms with E-state index in [2.05, 4.69) is 19.2 Å². The van der Waals surface area contributed by atoms with Crippen LogP contribution in [0.2, 0.25) is 0 Å². The Bertz CT molecular complexity index is 354. The van der Waals surface area contributed by atoms with Crippen molar-refractivity contribution < 1.29 is 9.59 Å². The number of hydrogen-bond donors (Lipinski definition) is 1. The van der Waals surface area contributed by atoms with Crippen LogP contribution in [-0.2, 0) is 9.59 Å². The van der Waals surface area contributed by atoms with Crippen LogP contribution in [0.5, 0.6) is 0 Å². The smallest absolute Gasteiger partial charge is 0.223 e. The molecular weight excluding hydrogens is 264 g/mol. The maximum atomic E-state index is 12.2. The lowest BCUT2D eigenvalue weighted by Crippen LogP contribution is -2.48. The predicted molar refractivity (Wildman–Crippen MR) is 83.8 cm³/mol. The van der Waals surface area contributed by atoms with Crippen molar-refractivity contribution in [3.63, 3.8) is 0 Å². The second-order valence-corrected chi connectivity index (χ2v) is 7.10. The first kappa shape index (κ1) is 16.3. The number of carbonyl (C=O) groups excluding carboxylic acids is 2. The molecule has 120 valence electrons. The molecule has 21 heavy (non-hydrogen) atoms. The van der Waals surface area contributed by atoms with Gasteiger partial charge in [-0.25, -0.2) is 0 Å². The van der Waals surface area contributed by atoms with Crippen molar-refractivity contribution in [3.05, 3.63) is 0 Å². The minimum Gasteiger partial charge on any atom is -0.353 e. The highest BCUT2D eigenvalue weighted by Crippen LogP contribution is 2.24. The van der Waals surface area contributed by atoms with Crippen molar-refractivity contribution in [2.45, 2.75) is 71.3 Å². The monoisotopic (exact) mass is 294 g/mol. The molecule has 2 aliphatic rings. The summed E-state index contributed by atoms with van der Waals surface area (Å²) in [6, 6.07) is 0.266. The predicted octanol–water partition coefficient (Wildman–Crippen LogP) is 2.72. The first-order valence-electron chi connectivity index (χ1n) is 8.64. The fraction of sp³-hybridized carbons (Fsp3) is 0.882. The van der Waals surface area contributed by atoms with Crippen LogP contribution >= 0.6 is 0 Å². The van der Waals surface area contributed by atoms with Crippen molar-refractivity contribution in [2.75, 3.05) is 13.1 Å². The third-order valence-electron chi connectivity index (χ3n) is 4.75. The first-order valence-corrected chi connectivity index (χ1v) is 8.64. The van der Waals surface area contributed by atoms with Gasteiger partial charge in [0.2, 0.25) is 11.8 Å². The zero-order valence-electron chi connectivity index (χ0n) is 13.6. The Kier molecular flexibility index (Phi) is 6.07. The molecule has 2 amide bonds. The second kappa shape index (κ2) is 7.81. The van der Waals surface area contributed by atoms with E-state index in [0.29, 0.717) is 12.3 Å². The van der Waals surface area contributed by atoms with Gasteiger partial charge in [0.1, 0.15) is 0 Å². The maximum absolute atomic E-state index is 12.2. The molecule has 4 heteroatoms. The molecule has 0 unspecified atom stereocenters. The maximum Gasteiger partial charge on any atom is 0.223 e. The molecule has 0 aromatic heterocycles. The van der Waals surface area contributed by atoms with Crippen molar-refractivity contribution >= 4 is 11.8 Å². The highest BCUT2D eigenvalue weighted by Gasteiger charge is 2.27. The van der Waals surface area contributed by atoms with Crippen LogP contribution < -0.4 is 5.32 Å². The average molecular weight is 294 g/mol. The van der Waals surface area contributed by atoms with Crippen molar-refractivity contribution in [3.8, 4) is 0 Å². The third-order valence-corrected chi connectivity index (χ3v) is 4.75. The molecule has 1 aliphatic carbocycles. The number of piperidine rings is 1. The zero-order valence-corrected chi connectivity index (χ0v) is 13.6. The molecule has 1 N–H and O–H groups in total. The lowest BCUT2D eigenvalue weighted by Gasteiger charge is -2.34. The van der Waals surface area contributed by atoms with E-state index in [1.54, 1.807) is 0 Å². The standard InChI is InChI=1S/C17H30N2O2/c1-13(2)12-16(20)19-10-8-15(9-11-19)18-17(21)14-6-4-3-5-7-14/h13-15H,3-12H2,1-2H3,(H,18,21). The van der Waals surface area contributed by atoms with Gasteiger partial charge in [-0.2, -0.15) is 0 Å². The molecule has 1 heterocycles. The first-order chi connectivity index (χ1) is 10.1. The molecule has 0 atom stereocenters. The van der Waals surface area contributed by atoms with Gasteiger partial charge in [0, 0.05) is 31.5 Å². The Morgan fingerprint density at radius 3 is 2.24 bits per heavy atom. The van der Waals surface area contributed by atoms with Gasteiger partial charge >= 0.3 is 0 Å². The van der Waals surface area contributed by atoms with E-state index >= 15 is 0 Å². The summed E-state index contributed by atoms with van der Waals surface area (Å²) >= 11 is 0. The molecule has 0 aromatic rings. The SMILES string of the molecule is CC(C)CC(=O)N1CCC(NC(=O)C2CCCCC2)CC1. The van der Waals surface area contributed by atoms with Crippen LogP contribution in [-0.4, -0.2) is 35.8 Å². The fourth-order valence-electron chi connectivity index (χ4n) is 3.44. The molecular formula is C17H30N2O2.